The molecule has 0 saturated carbocycles. The maximum absolute atomic E-state index is 12.3. The van der Waals surface area contributed by atoms with Crippen molar-refractivity contribution >= 4 is 23.6 Å². The summed E-state index contributed by atoms with van der Waals surface area (Å²) in [5.74, 6) is 1.10. The van der Waals surface area contributed by atoms with Crippen molar-refractivity contribution in [1.82, 2.24) is 0 Å². The molecule has 2 aromatic carbocycles. The first-order valence-electron chi connectivity index (χ1n) is 8.25. The van der Waals surface area contributed by atoms with Crippen LogP contribution in [0.5, 0.6) is 0 Å². The molecule has 2 aromatic rings. The first kappa shape index (κ1) is 17.6. The van der Waals surface area contributed by atoms with Crippen LogP contribution in [0.2, 0.25) is 0 Å². The zero-order valence-corrected chi connectivity index (χ0v) is 15.0. The minimum absolute atomic E-state index is 0.0574. The number of benzene rings is 2. The van der Waals surface area contributed by atoms with Crippen LogP contribution in [-0.4, -0.2) is 11.5 Å². The highest BCUT2D eigenvalue weighted by Crippen LogP contribution is 2.19. The molecule has 2 heteroatoms. The molecule has 0 aromatic heterocycles. The molecule has 0 bridgehead atoms. The van der Waals surface area contributed by atoms with Gasteiger partial charge >= 0.3 is 0 Å². The summed E-state index contributed by atoms with van der Waals surface area (Å²) in [6.45, 7) is 6.42. The van der Waals surface area contributed by atoms with Crippen molar-refractivity contribution in [3.63, 3.8) is 0 Å². The van der Waals surface area contributed by atoms with Gasteiger partial charge in [-0.1, -0.05) is 45.0 Å². The van der Waals surface area contributed by atoms with Gasteiger partial charge < -0.3 is 0 Å². The number of hydrogen-bond donors (Lipinski definition) is 0. The number of carbonyl (C=O) groups excluding carboxylic acids is 1. The van der Waals surface area contributed by atoms with Gasteiger partial charge in [0.2, 0.25) is 0 Å². The third-order valence-corrected chi connectivity index (χ3v) is 4.76. The average Bonchev–Trinajstić information content (AvgIpc) is 2.60. The Morgan fingerprint density at radius 3 is 2.35 bits per heavy atom. The molecule has 0 atom stereocenters. The monoisotopic (exact) mass is 324 g/mol. The van der Waals surface area contributed by atoms with Gasteiger partial charge in [-0.15, -0.1) is 11.8 Å². The van der Waals surface area contributed by atoms with E-state index in [2.05, 4.69) is 39.0 Å². The van der Waals surface area contributed by atoms with Gasteiger partial charge in [-0.3, -0.25) is 4.79 Å². The molecule has 0 unspecified atom stereocenters. The van der Waals surface area contributed by atoms with Crippen molar-refractivity contribution in [1.29, 1.82) is 0 Å². The Labute approximate surface area is 143 Å². The average molecular weight is 324 g/mol. The second-order valence-electron chi connectivity index (χ2n) is 5.40. The highest BCUT2D eigenvalue weighted by Gasteiger charge is 2.04. The summed E-state index contributed by atoms with van der Waals surface area (Å²) in [7, 11) is 0. The van der Waals surface area contributed by atoms with E-state index in [0.29, 0.717) is 0 Å². The summed E-state index contributed by atoms with van der Waals surface area (Å²) >= 11 is 1.79. The van der Waals surface area contributed by atoms with E-state index < -0.39 is 0 Å². The normalized spacial score (nSPS) is 11.1. The molecule has 0 N–H and O–H groups in total. The molecule has 0 radical (unpaired) electrons. The Kier molecular flexibility index (Phi) is 6.66. The molecule has 0 aliphatic carbocycles. The van der Waals surface area contributed by atoms with Gasteiger partial charge in [0.1, 0.15) is 0 Å². The maximum atomic E-state index is 12.3. The van der Waals surface area contributed by atoms with E-state index in [1.54, 1.807) is 17.8 Å². The molecule has 23 heavy (non-hydrogen) atoms. The van der Waals surface area contributed by atoms with Gasteiger partial charge in [0.15, 0.2) is 5.78 Å². The van der Waals surface area contributed by atoms with Gasteiger partial charge in [0.05, 0.1) is 0 Å². The third kappa shape index (κ3) is 4.84. The number of hydrogen-bond acceptors (Lipinski definition) is 2. The fourth-order valence-corrected chi connectivity index (χ4v) is 3.15. The molecule has 0 spiro atoms. The van der Waals surface area contributed by atoms with E-state index >= 15 is 0 Å². The zero-order valence-electron chi connectivity index (χ0n) is 14.1. The second-order valence-corrected chi connectivity index (χ2v) is 6.73. The topological polar surface area (TPSA) is 17.1 Å². The van der Waals surface area contributed by atoms with E-state index in [1.807, 2.05) is 30.3 Å². The Bertz CT molecular complexity index is 683. The molecule has 0 heterocycles. The zero-order chi connectivity index (χ0) is 16.7. The van der Waals surface area contributed by atoms with Crippen molar-refractivity contribution in [2.24, 2.45) is 0 Å². The van der Waals surface area contributed by atoms with Gasteiger partial charge in [-0.2, -0.15) is 0 Å². The van der Waals surface area contributed by atoms with E-state index in [0.717, 1.165) is 29.7 Å². The van der Waals surface area contributed by atoms with Crippen LogP contribution in [0.4, 0.5) is 0 Å². The number of carbonyl (C=O) groups is 1. The van der Waals surface area contributed by atoms with Crippen LogP contribution in [0.25, 0.3) is 6.08 Å². The second kappa shape index (κ2) is 8.73. The largest absolute Gasteiger partial charge is 0.289 e. The Hall–Kier alpha value is -1.80. The first-order chi connectivity index (χ1) is 11.2. The van der Waals surface area contributed by atoms with Gasteiger partial charge in [-0.25, -0.2) is 0 Å². The Morgan fingerprint density at radius 2 is 1.74 bits per heavy atom. The molecule has 0 aliphatic heterocycles. The van der Waals surface area contributed by atoms with E-state index in [4.69, 9.17) is 0 Å². The first-order valence-corrected chi connectivity index (χ1v) is 9.23. The summed E-state index contributed by atoms with van der Waals surface area (Å²) in [6, 6.07) is 14.4. The van der Waals surface area contributed by atoms with Crippen molar-refractivity contribution in [3.05, 3.63) is 70.8 Å². The lowest BCUT2D eigenvalue weighted by atomic mass is 9.99. The van der Waals surface area contributed by atoms with E-state index in [9.17, 15) is 4.79 Å². The molecule has 0 amide bonds. The lowest BCUT2D eigenvalue weighted by Gasteiger charge is -2.06. The summed E-state index contributed by atoms with van der Waals surface area (Å²) in [5, 5.41) is 0. The Balaban J connectivity index is 2.17. The fourth-order valence-electron chi connectivity index (χ4n) is 2.49. The van der Waals surface area contributed by atoms with E-state index in [1.165, 1.54) is 16.0 Å². The van der Waals surface area contributed by atoms with Gasteiger partial charge in [0.25, 0.3) is 0 Å². The highest BCUT2D eigenvalue weighted by molar-refractivity contribution is 7.99. The summed E-state index contributed by atoms with van der Waals surface area (Å²) < 4.78 is 0. The van der Waals surface area contributed by atoms with Crippen LogP contribution in [-0.2, 0) is 12.8 Å². The Morgan fingerprint density at radius 1 is 1.00 bits per heavy atom. The number of aryl methyl sites for hydroxylation is 2. The van der Waals surface area contributed by atoms with Crippen LogP contribution >= 0.6 is 11.8 Å². The fraction of sp³-hybridized carbons (Fsp3) is 0.286. The minimum Gasteiger partial charge on any atom is -0.289 e. The summed E-state index contributed by atoms with van der Waals surface area (Å²) in [6.07, 6.45) is 5.63. The predicted molar refractivity (Wildman–Crippen MR) is 101 cm³/mol. The van der Waals surface area contributed by atoms with E-state index in [-0.39, 0.29) is 5.78 Å². The number of allylic oxidation sites excluding steroid dienone is 1. The predicted octanol–water partition coefficient (Wildman–Crippen LogP) is 5.82. The molecular formula is C21H24OS. The van der Waals surface area contributed by atoms with Crippen molar-refractivity contribution in [2.45, 2.75) is 38.5 Å². The SMILES string of the molecule is CCSc1ccc(C(=O)C=Cc2cc(CC)ccc2CC)cc1. The molecule has 120 valence electrons. The van der Waals surface area contributed by atoms with Crippen LogP contribution < -0.4 is 0 Å². The highest BCUT2D eigenvalue weighted by atomic mass is 32.2. The third-order valence-electron chi connectivity index (χ3n) is 3.86. The van der Waals surface area contributed by atoms with Crippen LogP contribution in [0.15, 0.2) is 53.4 Å². The van der Waals surface area contributed by atoms with Crippen LogP contribution in [0.1, 0.15) is 47.8 Å². The number of rotatable bonds is 7. The standard InChI is InChI=1S/C21H24OS/c1-4-16-7-8-17(5-2)19(15-16)11-14-21(22)18-9-12-20(13-10-18)23-6-3/h7-15H,4-6H2,1-3H3. The molecule has 1 nitrogen and oxygen atoms in total. The molecule has 0 saturated heterocycles. The lowest BCUT2D eigenvalue weighted by molar-refractivity contribution is 0.104. The minimum atomic E-state index is 0.0574. The molecule has 0 aliphatic rings. The number of thioether (sulfide) groups is 1. The summed E-state index contributed by atoms with van der Waals surface area (Å²) in [5.41, 5.74) is 4.47. The molecular weight excluding hydrogens is 300 g/mol. The van der Waals surface area contributed by atoms with Crippen molar-refractivity contribution in [3.8, 4) is 0 Å². The molecule has 2 rings (SSSR count). The lowest BCUT2D eigenvalue weighted by Crippen LogP contribution is -1.95. The number of ketones is 1. The van der Waals surface area contributed by atoms with Gasteiger partial charge in [0, 0.05) is 10.5 Å². The maximum Gasteiger partial charge on any atom is 0.185 e. The molecule has 0 fully saturated rings. The smallest absolute Gasteiger partial charge is 0.185 e. The van der Waals surface area contributed by atoms with Crippen LogP contribution in [0, 0.1) is 0 Å². The quantitative estimate of drug-likeness (QED) is 0.363. The van der Waals surface area contributed by atoms with Crippen molar-refractivity contribution < 1.29 is 4.79 Å². The van der Waals surface area contributed by atoms with Crippen molar-refractivity contribution in [2.75, 3.05) is 5.75 Å². The van der Waals surface area contributed by atoms with Crippen LogP contribution in [0.3, 0.4) is 0 Å². The summed E-state index contributed by atoms with van der Waals surface area (Å²) in [4.78, 5) is 13.6. The van der Waals surface area contributed by atoms with Gasteiger partial charge in [-0.05, 0) is 65.6 Å².